The number of benzene rings is 1. The summed E-state index contributed by atoms with van der Waals surface area (Å²) in [5.74, 6) is 1.93. The van der Waals surface area contributed by atoms with E-state index in [4.69, 9.17) is 0 Å². The molecule has 6 heteroatoms. The van der Waals surface area contributed by atoms with Crippen molar-refractivity contribution in [2.45, 2.75) is 37.8 Å². The van der Waals surface area contributed by atoms with Crippen LogP contribution in [-0.2, 0) is 16.6 Å². The molecule has 1 heterocycles. The van der Waals surface area contributed by atoms with E-state index in [1.165, 1.54) is 0 Å². The molecule has 118 valence electrons. The average molecular weight is 329 g/mol. The Morgan fingerprint density at radius 3 is 2.57 bits per heavy atom. The summed E-state index contributed by atoms with van der Waals surface area (Å²) < 4.78 is 26.9. The number of rotatable bonds is 5. The van der Waals surface area contributed by atoms with Crippen molar-refractivity contribution in [1.82, 2.24) is 9.62 Å². The zero-order valence-electron chi connectivity index (χ0n) is 12.7. The molecular formula is C15H24N2O2S2. The second-order valence-corrected chi connectivity index (χ2v) is 8.71. The van der Waals surface area contributed by atoms with Crippen LogP contribution >= 0.6 is 11.8 Å². The average Bonchev–Trinajstić information content (AvgIpc) is 2.75. The molecule has 0 amide bonds. The number of sulfonamides is 1. The van der Waals surface area contributed by atoms with Crippen LogP contribution in [-0.4, -0.2) is 43.4 Å². The molecule has 4 nitrogen and oxygen atoms in total. The number of nitrogens with one attached hydrogen (secondary N) is 1. The van der Waals surface area contributed by atoms with Crippen molar-refractivity contribution < 1.29 is 8.42 Å². The van der Waals surface area contributed by atoms with Gasteiger partial charge in [0, 0.05) is 31.4 Å². The summed E-state index contributed by atoms with van der Waals surface area (Å²) in [7, 11) is -3.33. The van der Waals surface area contributed by atoms with Gasteiger partial charge in [0.05, 0.1) is 4.90 Å². The van der Waals surface area contributed by atoms with Gasteiger partial charge < -0.3 is 5.32 Å². The first-order valence-corrected chi connectivity index (χ1v) is 10.00. The van der Waals surface area contributed by atoms with Crippen molar-refractivity contribution in [2.75, 3.05) is 24.6 Å². The molecule has 0 aromatic heterocycles. The lowest BCUT2D eigenvalue weighted by Gasteiger charge is -2.19. The Balaban J connectivity index is 2.09. The molecule has 1 fully saturated rings. The third kappa shape index (κ3) is 4.71. The van der Waals surface area contributed by atoms with Crippen molar-refractivity contribution in [3.63, 3.8) is 0 Å². The first-order valence-electron chi connectivity index (χ1n) is 7.40. The van der Waals surface area contributed by atoms with Gasteiger partial charge in [-0.1, -0.05) is 26.0 Å². The lowest BCUT2D eigenvalue weighted by molar-refractivity contribution is 0.435. The maximum atomic E-state index is 12.6. The Labute approximate surface area is 132 Å². The highest BCUT2D eigenvalue weighted by Gasteiger charge is 2.24. The van der Waals surface area contributed by atoms with Crippen molar-refractivity contribution in [2.24, 2.45) is 0 Å². The number of nitrogens with zero attached hydrogens (tertiary/aromatic N) is 1. The van der Waals surface area contributed by atoms with Crippen LogP contribution in [0.5, 0.6) is 0 Å². The fourth-order valence-corrected chi connectivity index (χ4v) is 4.70. The minimum absolute atomic E-state index is 0.405. The van der Waals surface area contributed by atoms with Crippen LogP contribution in [0.2, 0.25) is 0 Å². The molecule has 21 heavy (non-hydrogen) atoms. The second-order valence-electron chi connectivity index (χ2n) is 5.55. The number of thioether (sulfide) groups is 1. The van der Waals surface area contributed by atoms with Crippen molar-refractivity contribution >= 4 is 21.8 Å². The Morgan fingerprint density at radius 1 is 1.19 bits per heavy atom. The molecule has 1 aliphatic rings. The molecule has 0 atom stereocenters. The summed E-state index contributed by atoms with van der Waals surface area (Å²) in [4.78, 5) is 0.405. The maximum absolute atomic E-state index is 12.6. The van der Waals surface area contributed by atoms with Crippen LogP contribution in [0.3, 0.4) is 0 Å². The van der Waals surface area contributed by atoms with Crippen molar-refractivity contribution in [1.29, 1.82) is 0 Å². The van der Waals surface area contributed by atoms with Gasteiger partial charge in [0.15, 0.2) is 0 Å². The number of hydrogen-bond donors (Lipinski definition) is 1. The normalized spacial score (nSPS) is 17.9. The van der Waals surface area contributed by atoms with Crippen LogP contribution in [0.1, 0.15) is 25.8 Å². The smallest absolute Gasteiger partial charge is 0.243 e. The first-order chi connectivity index (χ1) is 10.00. The van der Waals surface area contributed by atoms with Crippen LogP contribution in [0.4, 0.5) is 0 Å². The summed E-state index contributed by atoms with van der Waals surface area (Å²) in [6, 6.07) is 7.67. The largest absolute Gasteiger partial charge is 0.310 e. The molecule has 0 bridgehead atoms. The summed E-state index contributed by atoms with van der Waals surface area (Å²) >= 11 is 1.83. The van der Waals surface area contributed by atoms with Gasteiger partial charge >= 0.3 is 0 Å². The third-order valence-electron chi connectivity index (χ3n) is 3.46. The van der Waals surface area contributed by atoms with E-state index in [0.717, 1.165) is 30.0 Å². The lowest BCUT2D eigenvalue weighted by Crippen LogP contribution is -2.33. The Hall–Kier alpha value is -0.560. The highest BCUT2D eigenvalue weighted by Crippen LogP contribution is 2.20. The number of hydrogen-bond acceptors (Lipinski definition) is 4. The van der Waals surface area contributed by atoms with Crippen LogP contribution in [0.25, 0.3) is 0 Å². The summed E-state index contributed by atoms with van der Waals surface area (Å²) in [5, 5.41) is 3.33. The minimum atomic E-state index is -3.33. The van der Waals surface area contributed by atoms with E-state index >= 15 is 0 Å². The molecule has 0 spiro atoms. The molecule has 0 radical (unpaired) electrons. The van der Waals surface area contributed by atoms with Crippen LogP contribution in [0, 0.1) is 0 Å². The van der Waals surface area contributed by atoms with E-state index in [1.54, 1.807) is 16.4 Å². The van der Waals surface area contributed by atoms with Gasteiger partial charge in [-0.2, -0.15) is 16.1 Å². The maximum Gasteiger partial charge on any atom is 0.243 e. The van der Waals surface area contributed by atoms with Crippen molar-refractivity contribution in [3.8, 4) is 0 Å². The molecular weight excluding hydrogens is 304 g/mol. The summed E-state index contributed by atoms with van der Waals surface area (Å²) in [5.41, 5.74) is 1.11. The van der Waals surface area contributed by atoms with Gasteiger partial charge in [-0.3, -0.25) is 0 Å². The van der Waals surface area contributed by atoms with E-state index in [-0.39, 0.29) is 0 Å². The van der Waals surface area contributed by atoms with Gasteiger partial charge in [-0.15, -0.1) is 0 Å². The highest BCUT2D eigenvalue weighted by molar-refractivity contribution is 7.99. The van der Waals surface area contributed by atoms with E-state index in [9.17, 15) is 8.42 Å². The standard InChI is InChI=1S/C15H24N2O2S2/c1-13(2)16-12-14-4-6-15(7-5-14)21(18,19)17-8-3-10-20-11-9-17/h4-7,13,16H,3,8-12H2,1-2H3. The van der Waals surface area contributed by atoms with E-state index in [1.807, 2.05) is 23.9 Å². The first kappa shape index (κ1) is 16.8. The predicted molar refractivity (Wildman–Crippen MR) is 89.1 cm³/mol. The molecule has 0 unspecified atom stereocenters. The van der Waals surface area contributed by atoms with E-state index in [0.29, 0.717) is 24.0 Å². The predicted octanol–water partition coefficient (Wildman–Crippen LogP) is 2.31. The van der Waals surface area contributed by atoms with E-state index < -0.39 is 10.0 Å². The summed E-state index contributed by atoms with van der Waals surface area (Å²) in [6.07, 6.45) is 0.931. The molecule has 2 rings (SSSR count). The monoisotopic (exact) mass is 328 g/mol. The minimum Gasteiger partial charge on any atom is -0.310 e. The Morgan fingerprint density at radius 2 is 1.90 bits per heavy atom. The quantitative estimate of drug-likeness (QED) is 0.901. The zero-order valence-corrected chi connectivity index (χ0v) is 14.3. The van der Waals surface area contributed by atoms with Gasteiger partial charge in [0.25, 0.3) is 0 Å². The van der Waals surface area contributed by atoms with Gasteiger partial charge in [-0.05, 0) is 29.9 Å². The van der Waals surface area contributed by atoms with Gasteiger partial charge in [0.1, 0.15) is 0 Å². The fourth-order valence-electron chi connectivity index (χ4n) is 2.21. The molecule has 1 aromatic rings. The topological polar surface area (TPSA) is 49.4 Å². The summed E-state index contributed by atoms with van der Waals surface area (Å²) in [6.45, 7) is 6.19. The van der Waals surface area contributed by atoms with Crippen LogP contribution in [0.15, 0.2) is 29.2 Å². The molecule has 1 aliphatic heterocycles. The Bertz CT molecular complexity index is 533. The molecule has 1 saturated heterocycles. The SMILES string of the molecule is CC(C)NCc1ccc(S(=O)(=O)N2CCCSCC2)cc1. The second kappa shape index (κ2) is 7.63. The molecule has 1 aromatic carbocycles. The fraction of sp³-hybridized carbons (Fsp3) is 0.600. The van der Waals surface area contributed by atoms with E-state index in [2.05, 4.69) is 19.2 Å². The Kier molecular flexibility index (Phi) is 6.10. The van der Waals surface area contributed by atoms with Gasteiger partial charge in [-0.25, -0.2) is 8.42 Å². The van der Waals surface area contributed by atoms with Gasteiger partial charge in [0.2, 0.25) is 10.0 Å². The molecule has 0 saturated carbocycles. The molecule has 0 aliphatic carbocycles. The van der Waals surface area contributed by atoms with Crippen molar-refractivity contribution in [3.05, 3.63) is 29.8 Å². The highest BCUT2D eigenvalue weighted by atomic mass is 32.2. The molecule has 1 N–H and O–H groups in total. The van der Waals surface area contributed by atoms with Crippen LogP contribution < -0.4 is 5.32 Å². The zero-order chi connectivity index (χ0) is 15.3. The third-order valence-corrected chi connectivity index (χ3v) is 6.42. The lowest BCUT2D eigenvalue weighted by atomic mass is 10.2.